The third kappa shape index (κ3) is 2.91. The van der Waals surface area contributed by atoms with Crippen LogP contribution in [0.5, 0.6) is 0 Å². The summed E-state index contributed by atoms with van der Waals surface area (Å²) in [7, 11) is 0. The fourth-order valence-corrected chi connectivity index (χ4v) is 2.20. The molecule has 0 atom stereocenters. The van der Waals surface area contributed by atoms with Crippen molar-refractivity contribution in [1.29, 1.82) is 0 Å². The summed E-state index contributed by atoms with van der Waals surface area (Å²) in [6.07, 6.45) is -3.10. The van der Waals surface area contributed by atoms with Crippen molar-refractivity contribution in [3.8, 4) is 0 Å². The van der Waals surface area contributed by atoms with Crippen LogP contribution in [0.2, 0.25) is 0 Å². The van der Waals surface area contributed by atoms with Crippen molar-refractivity contribution >= 4 is 5.97 Å². The van der Waals surface area contributed by atoms with Gasteiger partial charge in [-0.2, -0.15) is 13.2 Å². The van der Waals surface area contributed by atoms with Gasteiger partial charge in [0.1, 0.15) is 0 Å². The average Bonchev–Trinajstić information content (AvgIpc) is 3.10. The molecule has 1 aliphatic carbocycles. The Balaban J connectivity index is 2.23. The largest absolute Gasteiger partial charge is 0.466 e. The summed E-state index contributed by atoms with van der Waals surface area (Å²) in [4.78, 5) is 11.8. The molecule has 0 heterocycles. The lowest BCUT2D eigenvalue weighted by atomic mass is 9.93. The quantitative estimate of drug-likeness (QED) is 0.783. The lowest BCUT2D eigenvalue weighted by Gasteiger charge is -2.17. The van der Waals surface area contributed by atoms with E-state index in [9.17, 15) is 18.0 Å². The van der Waals surface area contributed by atoms with Gasteiger partial charge in [-0.15, -0.1) is 0 Å². The monoisotopic (exact) mass is 272 g/mol. The molecule has 1 aromatic carbocycles. The maximum Gasteiger partial charge on any atom is 0.416 e. The Morgan fingerprint density at radius 3 is 2.47 bits per heavy atom. The highest BCUT2D eigenvalue weighted by Crippen LogP contribution is 2.50. The summed E-state index contributed by atoms with van der Waals surface area (Å²) in [6, 6.07) is 5.40. The van der Waals surface area contributed by atoms with Crippen molar-refractivity contribution in [2.45, 2.75) is 32.4 Å². The van der Waals surface area contributed by atoms with Gasteiger partial charge in [-0.1, -0.05) is 18.2 Å². The predicted octanol–water partition coefficient (Wildman–Crippen LogP) is 3.59. The van der Waals surface area contributed by atoms with Crippen LogP contribution in [-0.4, -0.2) is 12.6 Å². The molecule has 0 unspecified atom stereocenters. The van der Waals surface area contributed by atoms with E-state index in [1.807, 2.05) is 0 Å². The number of halogens is 3. The Hall–Kier alpha value is -1.52. The van der Waals surface area contributed by atoms with E-state index < -0.39 is 17.2 Å². The second-order valence-corrected chi connectivity index (χ2v) is 4.83. The lowest BCUT2D eigenvalue weighted by Crippen LogP contribution is -2.23. The van der Waals surface area contributed by atoms with Gasteiger partial charge in [-0.25, -0.2) is 0 Å². The summed E-state index contributed by atoms with van der Waals surface area (Å²) in [5.41, 5.74) is -1.23. The zero-order valence-corrected chi connectivity index (χ0v) is 10.6. The van der Waals surface area contributed by atoms with Crippen LogP contribution in [0.4, 0.5) is 13.2 Å². The molecule has 1 aromatic rings. The smallest absolute Gasteiger partial charge is 0.416 e. The Morgan fingerprint density at radius 2 is 1.95 bits per heavy atom. The van der Waals surface area contributed by atoms with Crippen LogP contribution in [0.1, 0.15) is 30.9 Å². The standard InChI is InChI=1S/C14H15F3O2/c1-2-19-12(18)13(7-8-13)9-10-5-3-4-6-11(10)14(15,16)17/h3-6H,2,7-9H2,1H3. The minimum absolute atomic E-state index is 0.0987. The molecule has 19 heavy (non-hydrogen) atoms. The maximum absolute atomic E-state index is 12.9. The third-order valence-corrected chi connectivity index (χ3v) is 3.41. The zero-order valence-electron chi connectivity index (χ0n) is 10.6. The molecule has 5 heteroatoms. The number of esters is 1. The minimum atomic E-state index is -4.39. The number of carbonyl (C=O) groups excluding carboxylic acids is 1. The van der Waals surface area contributed by atoms with E-state index in [1.165, 1.54) is 12.1 Å². The molecule has 1 saturated carbocycles. The normalized spacial score (nSPS) is 17.1. The molecule has 1 aliphatic rings. The van der Waals surface area contributed by atoms with E-state index in [1.54, 1.807) is 13.0 Å². The lowest BCUT2D eigenvalue weighted by molar-refractivity contribution is -0.150. The summed E-state index contributed by atoms with van der Waals surface area (Å²) < 4.78 is 43.6. The molecule has 0 aliphatic heterocycles. The Kier molecular flexibility index (Phi) is 3.56. The molecular weight excluding hydrogens is 257 g/mol. The van der Waals surface area contributed by atoms with Crippen molar-refractivity contribution in [1.82, 2.24) is 0 Å². The van der Waals surface area contributed by atoms with E-state index in [-0.39, 0.29) is 24.6 Å². The SMILES string of the molecule is CCOC(=O)C1(Cc2ccccc2C(F)(F)F)CC1. The third-order valence-electron chi connectivity index (χ3n) is 3.41. The van der Waals surface area contributed by atoms with Crippen molar-refractivity contribution in [3.63, 3.8) is 0 Å². The summed E-state index contributed by atoms with van der Waals surface area (Å²) in [5, 5.41) is 0. The fraction of sp³-hybridized carbons (Fsp3) is 0.500. The van der Waals surface area contributed by atoms with Gasteiger partial charge >= 0.3 is 12.1 Å². The highest BCUT2D eigenvalue weighted by Gasteiger charge is 2.52. The molecule has 0 bridgehead atoms. The first-order valence-corrected chi connectivity index (χ1v) is 6.21. The van der Waals surface area contributed by atoms with Gasteiger partial charge < -0.3 is 4.74 Å². The predicted molar refractivity (Wildman–Crippen MR) is 63.4 cm³/mol. The summed E-state index contributed by atoms with van der Waals surface area (Å²) in [5.74, 6) is -0.382. The van der Waals surface area contributed by atoms with Gasteiger partial charge in [-0.05, 0) is 37.8 Å². The van der Waals surface area contributed by atoms with Gasteiger partial charge in [0, 0.05) is 0 Å². The molecule has 0 radical (unpaired) electrons. The van der Waals surface area contributed by atoms with Crippen molar-refractivity contribution in [2.24, 2.45) is 5.41 Å². The molecular formula is C14H15F3O2. The number of hydrogen-bond acceptors (Lipinski definition) is 2. The van der Waals surface area contributed by atoms with Gasteiger partial charge in [-0.3, -0.25) is 4.79 Å². The number of alkyl halides is 3. The molecule has 104 valence electrons. The highest BCUT2D eigenvalue weighted by molar-refractivity contribution is 5.80. The van der Waals surface area contributed by atoms with Crippen molar-refractivity contribution in [2.75, 3.05) is 6.61 Å². The van der Waals surface area contributed by atoms with E-state index in [4.69, 9.17) is 4.74 Å². The maximum atomic E-state index is 12.9. The van der Waals surface area contributed by atoms with Crippen LogP contribution < -0.4 is 0 Å². The fourth-order valence-electron chi connectivity index (χ4n) is 2.20. The highest BCUT2D eigenvalue weighted by atomic mass is 19.4. The average molecular weight is 272 g/mol. The number of rotatable bonds is 4. The summed E-state index contributed by atoms with van der Waals surface area (Å²) >= 11 is 0. The number of benzene rings is 1. The van der Waals surface area contributed by atoms with Crippen molar-refractivity contribution < 1.29 is 22.7 Å². The second-order valence-electron chi connectivity index (χ2n) is 4.83. The number of carbonyl (C=O) groups is 1. The first-order valence-electron chi connectivity index (χ1n) is 6.21. The first kappa shape index (κ1) is 13.9. The molecule has 2 nitrogen and oxygen atoms in total. The van der Waals surface area contributed by atoms with Crippen LogP contribution in [0.15, 0.2) is 24.3 Å². The van der Waals surface area contributed by atoms with Crippen molar-refractivity contribution in [3.05, 3.63) is 35.4 Å². The molecule has 1 fully saturated rings. The first-order chi connectivity index (χ1) is 8.89. The molecule has 0 amide bonds. The second kappa shape index (κ2) is 4.87. The molecule has 0 saturated heterocycles. The van der Waals surface area contributed by atoms with E-state index in [0.29, 0.717) is 12.8 Å². The van der Waals surface area contributed by atoms with Gasteiger partial charge in [0.05, 0.1) is 17.6 Å². The Labute approximate surface area is 109 Å². The van der Waals surface area contributed by atoms with Gasteiger partial charge in [0.2, 0.25) is 0 Å². The van der Waals surface area contributed by atoms with E-state index >= 15 is 0 Å². The van der Waals surface area contributed by atoms with Crippen LogP contribution in [0, 0.1) is 5.41 Å². The number of hydrogen-bond donors (Lipinski definition) is 0. The van der Waals surface area contributed by atoms with Crippen LogP contribution in [-0.2, 0) is 22.1 Å². The Bertz CT molecular complexity index is 476. The van der Waals surface area contributed by atoms with Gasteiger partial charge in [0.25, 0.3) is 0 Å². The topological polar surface area (TPSA) is 26.3 Å². The molecule has 2 rings (SSSR count). The minimum Gasteiger partial charge on any atom is -0.466 e. The van der Waals surface area contributed by atoms with Crippen LogP contribution in [0.3, 0.4) is 0 Å². The molecule has 0 spiro atoms. The molecule has 0 aromatic heterocycles. The van der Waals surface area contributed by atoms with E-state index in [2.05, 4.69) is 0 Å². The Morgan fingerprint density at radius 1 is 1.32 bits per heavy atom. The van der Waals surface area contributed by atoms with Crippen LogP contribution in [0.25, 0.3) is 0 Å². The van der Waals surface area contributed by atoms with Gasteiger partial charge in [0.15, 0.2) is 0 Å². The number of ether oxygens (including phenoxy) is 1. The van der Waals surface area contributed by atoms with Crippen LogP contribution >= 0.6 is 0 Å². The molecule has 0 N–H and O–H groups in total. The zero-order chi connectivity index (χ0) is 14.1. The van der Waals surface area contributed by atoms with E-state index in [0.717, 1.165) is 6.07 Å². The summed E-state index contributed by atoms with van der Waals surface area (Å²) in [6.45, 7) is 1.94.